The van der Waals surface area contributed by atoms with E-state index in [0.29, 0.717) is 6.42 Å². The van der Waals surface area contributed by atoms with Crippen LogP contribution in [0.2, 0.25) is 0 Å². The molecule has 0 radical (unpaired) electrons. The molecular weight excluding hydrogens is 263 g/mol. The van der Waals surface area contributed by atoms with Crippen molar-refractivity contribution in [3.63, 3.8) is 0 Å². The van der Waals surface area contributed by atoms with Gasteiger partial charge in [0.2, 0.25) is 0 Å². The molecule has 20 heavy (non-hydrogen) atoms. The minimum atomic E-state index is -1.10. The normalized spacial score (nSPS) is 12.1. The SMILES string of the molecule is CC(C)CC(NC(=O)N(C)c1ccccc1F)C(=O)O. The Bertz CT molecular complexity index is 491. The van der Waals surface area contributed by atoms with E-state index in [-0.39, 0.29) is 11.6 Å². The Morgan fingerprint density at radius 2 is 1.95 bits per heavy atom. The van der Waals surface area contributed by atoms with Crippen LogP contribution in [0.4, 0.5) is 14.9 Å². The fourth-order valence-corrected chi connectivity index (χ4v) is 1.77. The summed E-state index contributed by atoms with van der Waals surface area (Å²) in [5, 5.41) is 11.5. The second kappa shape index (κ2) is 6.88. The molecule has 0 saturated heterocycles. The number of hydrogen-bond acceptors (Lipinski definition) is 2. The molecule has 0 bridgehead atoms. The molecule has 1 atom stereocenters. The van der Waals surface area contributed by atoms with Gasteiger partial charge in [-0.3, -0.25) is 4.90 Å². The minimum Gasteiger partial charge on any atom is -0.480 e. The van der Waals surface area contributed by atoms with Crippen molar-refractivity contribution >= 4 is 17.7 Å². The number of hydrogen-bond donors (Lipinski definition) is 2. The number of carbonyl (C=O) groups is 2. The van der Waals surface area contributed by atoms with E-state index in [1.54, 1.807) is 6.07 Å². The number of nitrogens with one attached hydrogen (secondary N) is 1. The van der Waals surface area contributed by atoms with Gasteiger partial charge in [0.05, 0.1) is 5.69 Å². The van der Waals surface area contributed by atoms with Crippen LogP contribution in [0.25, 0.3) is 0 Å². The van der Waals surface area contributed by atoms with Crippen LogP contribution < -0.4 is 10.2 Å². The van der Waals surface area contributed by atoms with Crippen LogP contribution in [-0.2, 0) is 4.79 Å². The van der Waals surface area contributed by atoms with Gasteiger partial charge in [-0.2, -0.15) is 0 Å². The number of urea groups is 1. The van der Waals surface area contributed by atoms with Gasteiger partial charge in [-0.1, -0.05) is 26.0 Å². The van der Waals surface area contributed by atoms with Crippen molar-refractivity contribution < 1.29 is 19.1 Å². The van der Waals surface area contributed by atoms with Crippen LogP contribution in [0, 0.1) is 11.7 Å². The van der Waals surface area contributed by atoms with E-state index in [1.165, 1.54) is 25.2 Å². The molecule has 2 N–H and O–H groups in total. The largest absolute Gasteiger partial charge is 0.480 e. The summed E-state index contributed by atoms with van der Waals surface area (Å²) < 4.78 is 13.6. The molecule has 0 fully saturated rings. The average molecular weight is 282 g/mol. The number of rotatable bonds is 5. The highest BCUT2D eigenvalue weighted by Crippen LogP contribution is 2.17. The van der Waals surface area contributed by atoms with Crippen molar-refractivity contribution in [1.82, 2.24) is 5.32 Å². The Hall–Kier alpha value is -2.11. The van der Waals surface area contributed by atoms with Gasteiger partial charge in [-0.25, -0.2) is 14.0 Å². The summed E-state index contributed by atoms with van der Waals surface area (Å²) in [6, 6.07) is 4.17. The van der Waals surface area contributed by atoms with Crippen molar-refractivity contribution in [3.05, 3.63) is 30.1 Å². The zero-order valence-electron chi connectivity index (χ0n) is 11.8. The zero-order valence-corrected chi connectivity index (χ0v) is 11.8. The maximum Gasteiger partial charge on any atom is 0.326 e. The molecule has 0 aliphatic carbocycles. The van der Waals surface area contributed by atoms with Gasteiger partial charge in [-0.05, 0) is 24.5 Å². The highest BCUT2D eigenvalue weighted by Gasteiger charge is 2.23. The van der Waals surface area contributed by atoms with E-state index in [2.05, 4.69) is 5.32 Å². The molecule has 0 heterocycles. The number of amides is 2. The molecule has 1 unspecified atom stereocenters. The molecule has 2 amide bonds. The van der Waals surface area contributed by atoms with Gasteiger partial charge < -0.3 is 10.4 Å². The third-order valence-corrected chi connectivity index (χ3v) is 2.82. The zero-order chi connectivity index (χ0) is 15.3. The van der Waals surface area contributed by atoms with E-state index < -0.39 is 23.9 Å². The second-order valence-electron chi connectivity index (χ2n) is 4.98. The lowest BCUT2D eigenvalue weighted by molar-refractivity contribution is -0.139. The molecule has 110 valence electrons. The van der Waals surface area contributed by atoms with Crippen molar-refractivity contribution in [3.8, 4) is 0 Å². The summed E-state index contributed by atoms with van der Waals surface area (Å²) in [7, 11) is 1.39. The lowest BCUT2D eigenvalue weighted by atomic mass is 10.0. The Labute approximate surface area is 117 Å². The first-order valence-electron chi connectivity index (χ1n) is 6.34. The Morgan fingerprint density at radius 3 is 2.45 bits per heavy atom. The standard InChI is InChI=1S/C14H19FN2O3/c1-9(2)8-11(13(18)19)16-14(20)17(3)12-7-5-4-6-10(12)15/h4-7,9,11H,8H2,1-3H3,(H,16,20)(H,18,19). The van der Waals surface area contributed by atoms with Crippen LogP contribution in [0.1, 0.15) is 20.3 Å². The van der Waals surface area contributed by atoms with E-state index >= 15 is 0 Å². The number of para-hydroxylation sites is 1. The molecule has 1 aromatic rings. The van der Waals surface area contributed by atoms with Gasteiger partial charge in [0.15, 0.2) is 0 Å². The third-order valence-electron chi connectivity index (χ3n) is 2.82. The molecule has 1 rings (SSSR count). The topological polar surface area (TPSA) is 69.6 Å². The summed E-state index contributed by atoms with van der Waals surface area (Å²) in [5.41, 5.74) is 0.0960. The second-order valence-corrected chi connectivity index (χ2v) is 4.98. The van der Waals surface area contributed by atoms with E-state index in [0.717, 1.165) is 4.90 Å². The Kier molecular flexibility index (Phi) is 5.49. The smallest absolute Gasteiger partial charge is 0.326 e. The maximum absolute atomic E-state index is 13.6. The van der Waals surface area contributed by atoms with Crippen LogP contribution in [-0.4, -0.2) is 30.2 Å². The van der Waals surface area contributed by atoms with E-state index in [1.807, 2.05) is 13.8 Å². The quantitative estimate of drug-likeness (QED) is 0.871. The lowest BCUT2D eigenvalue weighted by Crippen LogP contribution is -2.47. The third kappa shape index (κ3) is 4.22. The number of anilines is 1. The number of benzene rings is 1. The Morgan fingerprint density at radius 1 is 1.35 bits per heavy atom. The first kappa shape index (κ1) is 15.9. The minimum absolute atomic E-state index is 0.0960. The molecule has 0 saturated carbocycles. The maximum atomic E-state index is 13.6. The number of nitrogens with zero attached hydrogens (tertiary/aromatic N) is 1. The fourth-order valence-electron chi connectivity index (χ4n) is 1.77. The number of carboxylic acids is 1. The van der Waals surface area contributed by atoms with Crippen molar-refractivity contribution in [2.45, 2.75) is 26.3 Å². The van der Waals surface area contributed by atoms with Gasteiger partial charge in [0, 0.05) is 7.05 Å². The summed E-state index contributed by atoms with van der Waals surface area (Å²) in [5.74, 6) is -1.52. The fraction of sp³-hybridized carbons (Fsp3) is 0.429. The molecule has 5 nitrogen and oxygen atoms in total. The first-order chi connectivity index (χ1) is 9.32. The summed E-state index contributed by atoms with van der Waals surface area (Å²) in [6.07, 6.45) is 0.312. The average Bonchev–Trinajstić information content (AvgIpc) is 2.37. The molecule has 1 aromatic carbocycles. The Balaban J connectivity index is 2.79. The van der Waals surface area contributed by atoms with Crippen LogP contribution in [0.5, 0.6) is 0 Å². The monoisotopic (exact) mass is 282 g/mol. The van der Waals surface area contributed by atoms with Crippen molar-refractivity contribution in [2.75, 3.05) is 11.9 Å². The van der Waals surface area contributed by atoms with Gasteiger partial charge in [0.25, 0.3) is 0 Å². The number of carboxylic acid groups (broad SMARTS) is 1. The predicted octanol–water partition coefficient (Wildman–Crippen LogP) is 2.47. The van der Waals surface area contributed by atoms with Crippen molar-refractivity contribution in [1.29, 1.82) is 0 Å². The molecule has 0 aliphatic rings. The molecule has 0 spiro atoms. The molecule has 0 aliphatic heterocycles. The predicted molar refractivity (Wildman–Crippen MR) is 74.2 cm³/mol. The lowest BCUT2D eigenvalue weighted by Gasteiger charge is -2.22. The summed E-state index contributed by atoms with van der Waals surface area (Å²) in [6.45, 7) is 3.73. The summed E-state index contributed by atoms with van der Waals surface area (Å²) >= 11 is 0. The highest BCUT2D eigenvalue weighted by atomic mass is 19.1. The van der Waals surface area contributed by atoms with Crippen molar-refractivity contribution in [2.24, 2.45) is 5.92 Å². The van der Waals surface area contributed by atoms with Crippen LogP contribution >= 0.6 is 0 Å². The molecule has 0 aromatic heterocycles. The number of aliphatic carboxylic acids is 1. The number of carbonyl (C=O) groups excluding carboxylic acids is 1. The first-order valence-corrected chi connectivity index (χ1v) is 6.34. The van der Waals surface area contributed by atoms with Gasteiger partial charge in [-0.15, -0.1) is 0 Å². The number of halogens is 1. The molecule has 6 heteroatoms. The van der Waals surface area contributed by atoms with Gasteiger partial charge in [0.1, 0.15) is 11.9 Å². The van der Waals surface area contributed by atoms with E-state index in [4.69, 9.17) is 5.11 Å². The van der Waals surface area contributed by atoms with E-state index in [9.17, 15) is 14.0 Å². The van der Waals surface area contributed by atoms with Gasteiger partial charge >= 0.3 is 12.0 Å². The van der Waals surface area contributed by atoms with Crippen LogP contribution in [0.3, 0.4) is 0 Å². The highest BCUT2D eigenvalue weighted by molar-refractivity contribution is 5.94. The molecular formula is C14H19FN2O3. The van der Waals surface area contributed by atoms with Crippen LogP contribution in [0.15, 0.2) is 24.3 Å². The summed E-state index contributed by atoms with van der Waals surface area (Å²) in [4.78, 5) is 24.1.